The van der Waals surface area contributed by atoms with Gasteiger partial charge in [-0.1, -0.05) is 22.9 Å². The third-order valence-corrected chi connectivity index (χ3v) is 4.10. The van der Waals surface area contributed by atoms with Gasteiger partial charge in [-0.2, -0.15) is 5.10 Å². The standard InChI is InChI=1S/C21H25BrN2O4/c1-4-11-28-19-9-7-15(13-20(19)27-6-3)21(25)24-23-14-16-12-17(22)8-10-18(16)26-5-2/h7-10,12-14H,4-6,11H2,1-3H3,(H,24,25)/b23-14+. The first-order valence-electron chi connectivity index (χ1n) is 9.24. The lowest BCUT2D eigenvalue weighted by molar-refractivity contribution is 0.0954. The third-order valence-electron chi connectivity index (χ3n) is 3.61. The van der Waals surface area contributed by atoms with Crippen LogP contribution in [0.2, 0.25) is 0 Å². The Labute approximate surface area is 174 Å². The number of ether oxygens (including phenoxy) is 3. The molecule has 7 heteroatoms. The Kier molecular flexibility index (Phi) is 8.81. The Hall–Kier alpha value is -2.54. The second-order valence-electron chi connectivity index (χ2n) is 5.76. The molecule has 0 bridgehead atoms. The summed E-state index contributed by atoms with van der Waals surface area (Å²) in [5, 5.41) is 4.05. The Morgan fingerprint density at radius 3 is 2.43 bits per heavy atom. The lowest BCUT2D eigenvalue weighted by atomic mass is 10.2. The Balaban J connectivity index is 2.11. The van der Waals surface area contributed by atoms with Gasteiger partial charge in [0, 0.05) is 15.6 Å². The lowest BCUT2D eigenvalue weighted by Crippen LogP contribution is -2.18. The van der Waals surface area contributed by atoms with Crippen molar-refractivity contribution in [3.05, 3.63) is 52.0 Å². The molecular formula is C21H25BrN2O4. The van der Waals surface area contributed by atoms with Crippen LogP contribution in [-0.2, 0) is 0 Å². The minimum absolute atomic E-state index is 0.341. The van der Waals surface area contributed by atoms with Crippen molar-refractivity contribution in [1.29, 1.82) is 0 Å². The highest BCUT2D eigenvalue weighted by molar-refractivity contribution is 9.10. The van der Waals surface area contributed by atoms with Crippen LogP contribution in [0.5, 0.6) is 17.2 Å². The second kappa shape index (κ2) is 11.3. The fourth-order valence-electron chi connectivity index (χ4n) is 2.38. The molecule has 2 aromatic carbocycles. The number of nitrogens with zero attached hydrogens (tertiary/aromatic N) is 1. The molecule has 1 N–H and O–H groups in total. The zero-order chi connectivity index (χ0) is 20.4. The summed E-state index contributed by atoms with van der Waals surface area (Å²) in [7, 11) is 0. The molecule has 0 unspecified atom stereocenters. The van der Waals surface area contributed by atoms with Crippen LogP contribution in [0.1, 0.15) is 43.1 Å². The molecule has 0 aliphatic heterocycles. The van der Waals surface area contributed by atoms with Crippen LogP contribution in [-0.4, -0.2) is 31.9 Å². The second-order valence-corrected chi connectivity index (χ2v) is 6.67. The molecule has 0 aromatic heterocycles. The zero-order valence-corrected chi connectivity index (χ0v) is 17.9. The quantitative estimate of drug-likeness (QED) is 0.418. The van der Waals surface area contributed by atoms with E-state index in [0.29, 0.717) is 42.6 Å². The first-order chi connectivity index (χ1) is 13.6. The molecule has 2 rings (SSSR count). The van der Waals surface area contributed by atoms with Crippen molar-refractivity contribution >= 4 is 28.1 Å². The van der Waals surface area contributed by atoms with Crippen molar-refractivity contribution < 1.29 is 19.0 Å². The van der Waals surface area contributed by atoms with Gasteiger partial charge < -0.3 is 14.2 Å². The molecular weight excluding hydrogens is 424 g/mol. The summed E-state index contributed by atoms with van der Waals surface area (Å²) >= 11 is 3.42. The lowest BCUT2D eigenvalue weighted by Gasteiger charge is -2.12. The number of hydrazone groups is 1. The maximum absolute atomic E-state index is 12.4. The van der Waals surface area contributed by atoms with E-state index in [4.69, 9.17) is 14.2 Å². The normalized spacial score (nSPS) is 10.7. The SMILES string of the molecule is CCCOc1ccc(C(=O)N/N=C/c2cc(Br)ccc2OCC)cc1OCC. The first-order valence-corrected chi connectivity index (χ1v) is 10.0. The number of amides is 1. The van der Waals surface area contributed by atoms with Crippen LogP contribution < -0.4 is 19.6 Å². The van der Waals surface area contributed by atoms with Gasteiger partial charge in [0.1, 0.15) is 5.75 Å². The number of nitrogens with one attached hydrogen (secondary N) is 1. The molecule has 1 amide bonds. The van der Waals surface area contributed by atoms with E-state index in [1.54, 1.807) is 24.4 Å². The highest BCUT2D eigenvalue weighted by atomic mass is 79.9. The van der Waals surface area contributed by atoms with Gasteiger partial charge in [0.15, 0.2) is 11.5 Å². The highest BCUT2D eigenvalue weighted by Gasteiger charge is 2.11. The van der Waals surface area contributed by atoms with Crippen LogP contribution in [0, 0.1) is 0 Å². The van der Waals surface area contributed by atoms with Gasteiger partial charge in [0.25, 0.3) is 5.91 Å². The fourth-order valence-corrected chi connectivity index (χ4v) is 2.76. The molecule has 6 nitrogen and oxygen atoms in total. The van der Waals surface area contributed by atoms with Gasteiger partial charge in [-0.15, -0.1) is 0 Å². The predicted molar refractivity (Wildman–Crippen MR) is 114 cm³/mol. The smallest absolute Gasteiger partial charge is 0.271 e. The maximum Gasteiger partial charge on any atom is 0.271 e. The van der Waals surface area contributed by atoms with E-state index in [-0.39, 0.29) is 5.91 Å². The summed E-state index contributed by atoms with van der Waals surface area (Å²) in [5.41, 5.74) is 3.72. The van der Waals surface area contributed by atoms with Crippen LogP contribution in [0.3, 0.4) is 0 Å². The van der Waals surface area contributed by atoms with Gasteiger partial charge in [-0.3, -0.25) is 4.79 Å². The van der Waals surface area contributed by atoms with Gasteiger partial charge in [0.05, 0.1) is 26.0 Å². The summed E-state index contributed by atoms with van der Waals surface area (Å²) in [5.74, 6) is 1.52. The Morgan fingerprint density at radius 1 is 1.00 bits per heavy atom. The topological polar surface area (TPSA) is 69.2 Å². The van der Waals surface area contributed by atoms with E-state index in [0.717, 1.165) is 16.5 Å². The molecule has 2 aromatic rings. The van der Waals surface area contributed by atoms with Crippen molar-refractivity contribution in [2.45, 2.75) is 27.2 Å². The molecule has 0 saturated carbocycles. The summed E-state index contributed by atoms with van der Waals surface area (Å²) in [6.45, 7) is 7.44. The first kappa shape index (κ1) is 21.8. The average Bonchev–Trinajstić information content (AvgIpc) is 2.69. The Bertz CT molecular complexity index is 824. The number of rotatable bonds is 10. The Morgan fingerprint density at radius 2 is 1.71 bits per heavy atom. The van der Waals surface area contributed by atoms with E-state index in [2.05, 4.69) is 26.5 Å². The summed E-state index contributed by atoms with van der Waals surface area (Å²) in [6.07, 6.45) is 2.44. The van der Waals surface area contributed by atoms with Crippen LogP contribution in [0.25, 0.3) is 0 Å². The van der Waals surface area contributed by atoms with Crippen molar-refractivity contribution in [3.8, 4) is 17.2 Å². The van der Waals surface area contributed by atoms with Gasteiger partial charge in [0.2, 0.25) is 0 Å². The fraction of sp³-hybridized carbons (Fsp3) is 0.333. The minimum Gasteiger partial charge on any atom is -0.493 e. The molecule has 0 spiro atoms. The zero-order valence-electron chi connectivity index (χ0n) is 16.3. The van der Waals surface area contributed by atoms with E-state index in [1.807, 2.05) is 39.0 Å². The number of halogens is 1. The van der Waals surface area contributed by atoms with Crippen LogP contribution >= 0.6 is 15.9 Å². The summed E-state index contributed by atoms with van der Waals surface area (Å²) in [6, 6.07) is 10.7. The van der Waals surface area contributed by atoms with Crippen molar-refractivity contribution in [2.75, 3.05) is 19.8 Å². The van der Waals surface area contributed by atoms with Gasteiger partial charge in [-0.05, 0) is 56.7 Å². The molecule has 0 heterocycles. The number of benzene rings is 2. The average molecular weight is 449 g/mol. The third kappa shape index (κ3) is 6.27. The van der Waals surface area contributed by atoms with E-state index < -0.39 is 0 Å². The molecule has 28 heavy (non-hydrogen) atoms. The van der Waals surface area contributed by atoms with E-state index >= 15 is 0 Å². The largest absolute Gasteiger partial charge is 0.493 e. The molecule has 150 valence electrons. The summed E-state index contributed by atoms with van der Waals surface area (Å²) < 4.78 is 17.7. The molecule has 0 fully saturated rings. The number of hydrogen-bond acceptors (Lipinski definition) is 5. The molecule has 0 aliphatic rings. The monoisotopic (exact) mass is 448 g/mol. The van der Waals surface area contributed by atoms with Gasteiger partial charge >= 0.3 is 0 Å². The van der Waals surface area contributed by atoms with Crippen LogP contribution in [0.4, 0.5) is 0 Å². The summed E-state index contributed by atoms with van der Waals surface area (Å²) in [4.78, 5) is 12.4. The van der Waals surface area contributed by atoms with Crippen molar-refractivity contribution in [1.82, 2.24) is 5.43 Å². The minimum atomic E-state index is -0.341. The number of carbonyl (C=O) groups is 1. The van der Waals surface area contributed by atoms with Crippen molar-refractivity contribution in [3.63, 3.8) is 0 Å². The van der Waals surface area contributed by atoms with E-state index in [1.165, 1.54) is 0 Å². The number of carbonyl (C=O) groups excluding carboxylic acids is 1. The molecule has 0 aliphatic carbocycles. The van der Waals surface area contributed by atoms with Gasteiger partial charge in [-0.25, -0.2) is 5.43 Å². The number of hydrogen-bond donors (Lipinski definition) is 1. The highest BCUT2D eigenvalue weighted by Crippen LogP contribution is 2.28. The van der Waals surface area contributed by atoms with Crippen LogP contribution in [0.15, 0.2) is 46.0 Å². The predicted octanol–water partition coefficient (Wildman–Crippen LogP) is 4.80. The molecule has 0 radical (unpaired) electrons. The maximum atomic E-state index is 12.4. The molecule has 0 saturated heterocycles. The van der Waals surface area contributed by atoms with E-state index in [9.17, 15) is 4.79 Å². The molecule has 0 atom stereocenters. The van der Waals surface area contributed by atoms with Crippen molar-refractivity contribution in [2.24, 2.45) is 5.10 Å².